The molecule has 0 atom stereocenters. The molecule has 0 aliphatic rings. The summed E-state index contributed by atoms with van der Waals surface area (Å²) in [5, 5.41) is -1.02. The lowest BCUT2D eigenvalue weighted by Crippen LogP contribution is -2.03. The van der Waals surface area contributed by atoms with E-state index >= 15 is 13.2 Å². The number of benzene rings is 5. The highest BCUT2D eigenvalue weighted by molar-refractivity contribution is 5.94. The molecule has 0 saturated heterocycles. The summed E-state index contributed by atoms with van der Waals surface area (Å²) in [4.78, 5) is 0. The van der Waals surface area contributed by atoms with Crippen LogP contribution in [0.4, 0.5) is 35.1 Å². The zero-order valence-electron chi connectivity index (χ0n) is 24.1. The predicted octanol–water partition coefficient (Wildman–Crippen LogP) is 11.6. The van der Waals surface area contributed by atoms with Crippen LogP contribution < -0.4 is 0 Å². The molecule has 0 amide bonds. The van der Waals surface area contributed by atoms with E-state index in [1.165, 1.54) is 36.8 Å². The number of halogens is 8. The summed E-state index contributed by atoms with van der Waals surface area (Å²) < 4.78 is 113. The number of fused-ring (bicyclic) bond motifs is 2. The van der Waals surface area contributed by atoms with Crippen molar-refractivity contribution in [3.8, 4) is 23.0 Å². The van der Waals surface area contributed by atoms with Gasteiger partial charge in [0.15, 0.2) is 5.82 Å². The molecular formula is C37H26F8. The number of hydrogen-bond donors (Lipinski definition) is 0. The van der Waals surface area contributed by atoms with Crippen molar-refractivity contribution in [1.29, 1.82) is 0 Å². The first kappa shape index (κ1) is 31.8. The highest BCUT2D eigenvalue weighted by Gasteiger charge is 2.25. The van der Waals surface area contributed by atoms with Gasteiger partial charge in [-0.1, -0.05) is 80.7 Å². The normalized spacial score (nSPS) is 11.8. The molecule has 0 aromatic heterocycles. The minimum Gasteiger partial charge on any atom is -0.206 e. The molecule has 0 radical (unpaired) electrons. The first-order chi connectivity index (χ1) is 21.4. The van der Waals surface area contributed by atoms with Gasteiger partial charge in [0, 0.05) is 11.3 Å². The highest BCUT2D eigenvalue weighted by Crippen LogP contribution is 2.36. The molecule has 0 saturated carbocycles. The average Bonchev–Trinajstić information content (AvgIpc) is 2.97. The molecule has 0 spiro atoms. The molecule has 5 rings (SSSR count). The van der Waals surface area contributed by atoms with Crippen molar-refractivity contribution in [3.05, 3.63) is 118 Å². The maximum atomic E-state index is 15.7. The first-order valence-corrected chi connectivity index (χ1v) is 14.4. The van der Waals surface area contributed by atoms with Crippen molar-refractivity contribution >= 4 is 33.7 Å². The van der Waals surface area contributed by atoms with E-state index in [-0.39, 0.29) is 16.3 Å². The van der Waals surface area contributed by atoms with Crippen LogP contribution in [0.25, 0.3) is 44.8 Å². The molecule has 230 valence electrons. The minimum atomic E-state index is -5.03. The van der Waals surface area contributed by atoms with E-state index in [9.17, 15) is 22.0 Å². The van der Waals surface area contributed by atoms with Crippen LogP contribution in [-0.2, 0) is 6.42 Å². The van der Waals surface area contributed by atoms with Gasteiger partial charge < -0.3 is 0 Å². The Morgan fingerprint density at radius 1 is 0.667 bits per heavy atom. The third-order valence-corrected chi connectivity index (χ3v) is 7.52. The van der Waals surface area contributed by atoms with Gasteiger partial charge in [-0.25, -0.2) is 22.0 Å². The predicted molar refractivity (Wildman–Crippen MR) is 163 cm³/mol. The number of hydrogen-bond acceptors (Lipinski definition) is 0. The van der Waals surface area contributed by atoms with Gasteiger partial charge in [-0.2, -0.15) is 13.2 Å². The van der Waals surface area contributed by atoms with Crippen LogP contribution in [0.3, 0.4) is 0 Å². The van der Waals surface area contributed by atoms with Gasteiger partial charge in [0.25, 0.3) is 0 Å². The number of alkyl halides is 3. The molecule has 0 unspecified atom stereocenters. The second-order valence-corrected chi connectivity index (χ2v) is 10.8. The van der Waals surface area contributed by atoms with Crippen LogP contribution >= 0.6 is 0 Å². The smallest absolute Gasteiger partial charge is 0.206 e. The van der Waals surface area contributed by atoms with Gasteiger partial charge in [-0.3, -0.25) is 0 Å². The zero-order chi connectivity index (χ0) is 32.3. The molecule has 5 aromatic carbocycles. The Balaban J connectivity index is 1.44. The van der Waals surface area contributed by atoms with Crippen molar-refractivity contribution in [2.24, 2.45) is 0 Å². The monoisotopic (exact) mass is 622 g/mol. The van der Waals surface area contributed by atoms with Crippen molar-refractivity contribution in [3.63, 3.8) is 0 Å². The summed E-state index contributed by atoms with van der Waals surface area (Å²) in [6, 6.07) is 16.1. The lowest BCUT2D eigenvalue weighted by molar-refractivity contribution is -0.0696. The van der Waals surface area contributed by atoms with Crippen LogP contribution in [0.2, 0.25) is 0 Å². The standard InChI is InChI=1S/C37H26F8/c1-2-3-4-5-6-22-7-9-23(10-8-22)11-12-24-13-14-28-25(17-24)19-31(39)33(35(28)41)27-18-26-20-30(38)29(15-16-37(43,44)45)36(42)34(26)32(40)21-27/h7-14,17-21H,2-6H2,1H3/b12-11+. The molecule has 45 heavy (non-hydrogen) atoms. The fourth-order valence-electron chi connectivity index (χ4n) is 5.26. The summed E-state index contributed by atoms with van der Waals surface area (Å²) in [6.45, 7) is 2.18. The Bertz CT molecular complexity index is 1970. The molecule has 0 bridgehead atoms. The maximum Gasteiger partial charge on any atom is 0.458 e. The van der Waals surface area contributed by atoms with Crippen molar-refractivity contribution in [1.82, 2.24) is 0 Å². The lowest BCUT2D eigenvalue weighted by atomic mass is 9.95. The molecular weight excluding hydrogens is 596 g/mol. The molecule has 8 heteroatoms. The largest absolute Gasteiger partial charge is 0.458 e. The third-order valence-electron chi connectivity index (χ3n) is 7.52. The second kappa shape index (κ2) is 13.2. The van der Waals surface area contributed by atoms with E-state index in [0.29, 0.717) is 17.7 Å². The molecule has 0 heterocycles. The van der Waals surface area contributed by atoms with Crippen LogP contribution in [0.5, 0.6) is 0 Å². The van der Waals surface area contributed by atoms with Crippen molar-refractivity contribution in [2.45, 2.75) is 45.2 Å². The fourth-order valence-corrected chi connectivity index (χ4v) is 5.26. The average molecular weight is 623 g/mol. The quantitative estimate of drug-likeness (QED) is 0.0699. The summed E-state index contributed by atoms with van der Waals surface area (Å²) in [6.07, 6.45) is 4.46. The Hall–Kier alpha value is -4.64. The van der Waals surface area contributed by atoms with Gasteiger partial charge in [0.2, 0.25) is 0 Å². The lowest BCUT2D eigenvalue weighted by Gasteiger charge is -2.12. The Morgan fingerprint density at radius 3 is 2.07 bits per heavy atom. The van der Waals surface area contributed by atoms with Crippen LogP contribution in [-0.4, -0.2) is 6.18 Å². The molecule has 0 aliphatic carbocycles. The summed E-state index contributed by atoms with van der Waals surface area (Å²) in [5.41, 5.74) is 0.674. The number of rotatable bonds is 8. The molecule has 0 fully saturated rings. The third kappa shape index (κ3) is 7.20. The van der Waals surface area contributed by atoms with E-state index in [2.05, 4.69) is 19.1 Å². The fraction of sp³-hybridized carbons (Fsp3) is 0.189. The van der Waals surface area contributed by atoms with Gasteiger partial charge in [0.1, 0.15) is 23.3 Å². The van der Waals surface area contributed by atoms with Crippen LogP contribution in [0.1, 0.15) is 54.9 Å². The topological polar surface area (TPSA) is 0 Å². The summed E-state index contributed by atoms with van der Waals surface area (Å²) in [5.74, 6) is -4.44. The van der Waals surface area contributed by atoms with E-state index < -0.39 is 57.2 Å². The number of unbranched alkanes of at least 4 members (excludes halogenated alkanes) is 3. The molecule has 0 aliphatic heterocycles. The van der Waals surface area contributed by atoms with Crippen LogP contribution in [0, 0.1) is 40.9 Å². The van der Waals surface area contributed by atoms with Crippen molar-refractivity contribution in [2.75, 3.05) is 0 Å². The van der Waals surface area contributed by atoms with E-state index in [0.717, 1.165) is 36.5 Å². The van der Waals surface area contributed by atoms with Crippen molar-refractivity contribution < 1.29 is 35.1 Å². The molecule has 0 N–H and O–H groups in total. The Labute approximate surface area is 255 Å². The maximum absolute atomic E-state index is 15.7. The van der Waals surface area contributed by atoms with E-state index in [1.807, 2.05) is 24.3 Å². The SMILES string of the molecule is CCCCCCc1ccc(/C=C/c2ccc3c(F)c(-c4cc(F)c5c(F)c(C#CC(F)(F)F)c(F)cc5c4)c(F)cc3c2)cc1. The van der Waals surface area contributed by atoms with E-state index in [4.69, 9.17) is 0 Å². The van der Waals surface area contributed by atoms with E-state index in [1.54, 1.807) is 12.1 Å². The Morgan fingerprint density at radius 2 is 1.36 bits per heavy atom. The second-order valence-electron chi connectivity index (χ2n) is 10.8. The highest BCUT2D eigenvalue weighted by atomic mass is 19.4. The Kier molecular flexibility index (Phi) is 9.29. The molecule has 0 nitrogen and oxygen atoms in total. The minimum absolute atomic E-state index is 0.0339. The number of aryl methyl sites for hydroxylation is 1. The van der Waals surface area contributed by atoms with Gasteiger partial charge >= 0.3 is 6.18 Å². The van der Waals surface area contributed by atoms with Crippen LogP contribution in [0.15, 0.2) is 66.7 Å². The molecule has 5 aromatic rings. The van der Waals surface area contributed by atoms with Gasteiger partial charge in [-0.15, -0.1) is 0 Å². The van der Waals surface area contributed by atoms with Gasteiger partial charge in [0.05, 0.1) is 16.5 Å². The first-order valence-electron chi connectivity index (χ1n) is 14.4. The zero-order valence-corrected chi connectivity index (χ0v) is 24.1. The van der Waals surface area contributed by atoms with Gasteiger partial charge in [-0.05, 0) is 76.2 Å². The summed E-state index contributed by atoms with van der Waals surface area (Å²) >= 11 is 0. The summed E-state index contributed by atoms with van der Waals surface area (Å²) in [7, 11) is 0.